The van der Waals surface area contributed by atoms with Crippen molar-refractivity contribution in [3.63, 3.8) is 0 Å². The number of carbonyl (C=O) groups is 1. The highest BCUT2D eigenvalue weighted by Crippen LogP contribution is 2.24. The van der Waals surface area contributed by atoms with E-state index in [4.69, 9.17) is 5.11 Å². The molecule has 2 N–H and O–H groups in total. The fraction of sp³-hybridized carbons (Fsp3) is 0.875. The van der Waals surface area contributed by atoms with Gasteiger partial charge in [0.25, 0.3) is 0 Å². The van der Waals surface area contributed by atoms with Crippen LogP contribution in [0.1, 0.15) is 32.6 Å². The van der Waals surface area contributed by atoms with Gasteiger partial charge in [0.05, 0.1) is 5.25 Å². The highest BCUT2D eigenvalue weighted by Gasteiger charge is 2.30. The molecule has 0 aromatic carbocycles. The molecule has 0 amide bonds. The molecule has 0 aromatic heterocycles. The smallest absolute Gasteiger partial charge is 0.321 e. The molecule has 82 valence electrons. The molecule has 6 heteroatoms. The van der Waals surface area contributed by atoms with E-state index in [2.05, 4.69) is 4.72 Å². The molecule has 0 aromatic rings. The number of carboxylic acids is 1. The quantitative estimate of drug-likeness (QED) is 0.716. The summed E-state index contributed by atoms with van der Waals surface area (Å²) in [6.07, 6.45) is 3.10. The average molecular weight is 221 g/mol. The zero-order chi connectivity index (χ0) is 10.8. The van der Waals surface area contributed by atoms with E-state index in [1.807, 2.05) is 0 Å². The highest BCUT2D eigenvalue weighted by molar-refractivity contribution is 7.90. The van der Waals surface area contributed by atoms with E-state index < -0.39 is 27.3 Å². The van der Waals surface area contributed by atoms with Gasteiger partial charge in [-0.1, -0.05) is 12.8 Å². The van der Waals surface area contributed by atoms with Crippen molar-refractivity contribution < 1.29 is 18.3 Å². The summed E-state index contributed by atoms with van der Waals surface area (Å²) in [7, 11) is -3.44. The van der Waals surface area contributed by atoms with Crippen LogP contribution in [0.3, 0.4) is 0 Å². The zero-order valence-electron chi connectivity index (χ0n) is 8.06. The normalized spacial score (nSPS) is 20.9. The third-order valence-electron chi connectivity index (χ3n) is 2.45. The number of nitrogens with one attached hydrogen (secondary N) is 1. The highest BCUT2D eigenvalue weighted by atomic mass is 32.2. The number of hydrogen-bond acceptors (Lipinski definition) is 3. The van der Waals surface area contributed by atoms with E-state index in [0.717, 1.165) is 12.8 Å². The Balaban J connectivity index is 2.61. The Kier molecular flexibility index (Phi) is 3.49. The van der Waals surface area contributed by atoms with Crippen LogP contribution in [0.4, 0.5) is 0 Å². The Labute approximate surface area is 83.6 Å². The van der Waals surface area contributed by atoms with Gasteiger partial charge in [-0.3, -0.25) is 4.79 Å². The van der Waals surface area contributed by atoms with E-state index in [-0.39, 0.29) is 0 Å². The predicted molar refractivity (Wildman–Crippen MR) is 51.4 cm³/mol. The van der Waals surface area contributed by atoms with E-state index in [1.165, 1.54) is 6.92 Å². The monoisotopic (exact) mass is 221 g/mol. The SMILES string of the molecule is CC(NS(=O)(=O)C1CCCC1)C(=O)O. The molecule has 1 aliphatic carbocycles. The zero-order valence-corrected chi connectivity index (χ0v) is 8.88. The van der Waals surface area contributed by atoms with Crippen molar-refractivity contribution in [3.8, 4) is 0 Å². The molecule has 0 bridgehead atoms. The Bertz CT molecular complexity index is 305. The molecule has 1 atom stereocenters. The summed E-state index contributed by atoms with van der Waals surface area (Å²) >= 11 is 0. The van der Waals surface area contributed by atoms with Crippen LogP contribution < -0.4 is 4.72 Å². The third-order valence-corrected chi connectivity index (χ3v) is 4.48. The third kappa shape index (κ3) is 2.68. The summed E-state index contributed by atoms with van der Waals surface area (Å²) in [5.41, 5.74) is 0. The van der Waals surface area contributed by atoms with Crippen LogP contribution in [-0.4, -0.2) is 30.8 Å². The van der Waals surface area contributed by atoms with E-state index in [9.17, 15) is 13.2 Å². The Hall–Kier alpha value is -0.620. The summed E-state index contributed by atoms with van der Waals surface area (Å²) in [6, 6.07) is -1.04. The van der Waals surface area contributed by atoms with E-state index >= 15 is 0 Å². The van der Waals surface area contributed by atoms with Gasteiger partial charge in [-0.2, -0.15) is 0 Å². The van der Waals surface area contributed by atoms with Crippen LogP contribution in [0.15, 0.2) is 0 Å². The summed E-state index contributed by atoms with van der Waals surface area (Å²) < 4.78 is 25.3. The molecule has 14 heavy (non-hydrogen) atoms. The van der Waals surface area contributed by atoms with Gasteiger partial charge in [-0.25, -0.2) is 13.1 Å². The van der Waals surface area contributed by atoms with Crippen LogP contribution in [0, 0.1) is 0 Å². The summed E-state index contributed by atoms with van der Waals surface area (Å²) in [5, 5.41) is 8.16. The number of sulfonamides is 1. The molecule has 1 fully saturated rings. The average Bonchev–Trinajstić information content (AvgIpc) is 2.54. The van der Waals surface area contributed by atoms with Crippen molar-refractivity contribution >= 4 is 16.0 Å². The predicted octanol–water partition coefficient (Wildman–Crippen LogP) is 0.321. The van der Waals surface area contributed by atoms with Gasteiger partial charge >= 0.3 is 5.97 Å². The minimum atomic E-state index is -3.44. The van der Waals surface area contributed by atoms with Crippen molar-refractivity contribution in [1.29, 1.82) is 0 Å². The Morgan fingerprint density at radius 2 is 1.93 bits per heavy atom. The second kappa shape index (κ2) is 4.27. The molecule has 1 unspecified atom stereocenters. The molecule has 0 heterocycles. The van der Waals surface area contributed by atoms with Crippen molar-refractivity contribution in [2.75, 3.05) is 0 Å². The summed E-state index contributed by atoms with van der Waals surface area (Å²) in [4.78, 5) is 10.5. The topological polar surface area (TPSA) is 83.5 Å². The first-order chi connectivity index (χ1) is 6.43. The molecule has 0 spiro atoms. The Morgan fingerprint density at radius 3 is 2.36 bits per heavy atom. The molecule has 0 radical (unpaired) electrons. The molecule has 0 saturated heterocycles. The lowest BCUT2D eigenvalue weighted by Gasteiger charge is -2.14. The molecule has 5 nitrogen and oxygen atoms in total. The van der Waals surface area contributed by atoms with Crippen LogP contribution in [-0.2, 0) is 14.8 Å². The fourth-order valence-electron chi connectivity index (χ4n) is 1.59. The van der Waals surface area contributed by atoms with Crippen LogP contribution in [0.5, 0.6) is 0 Å². The van der Waals surface area contributed by atoms with Gasteiger partial charge < -0.3 is 5.11 Å². The van der Waals surface area contributed by atoms with Crippen molar-refractivity contribution in [2.45, 2.75) is 43.9 Å². The fourth-order valence-corrected chi connectivity index (χ4v) is 3.33. The Morgan fingerprint density at radius 1 is 1.43 bits per heavy atom. The van der Waals surface area contributed by atoms with Gasteiger partial charge in [-0.15, -0.1) is 0 Å². The van der Waals surface area contributed by atoms with Crippen molar-refractivity contribution in [1.82, 2.24) is 4.72 Å². The van der Waals surface area contributed by atoms with E-state index in [1.54, 1.807) is 0 Å². The standard InChI is InChI=1S/C8H15NO4S/c1-6(8(10)11)9-14(12,13)7-4-2-3-5-7/h6-7,9H,2-5H2,1H3,(H,10,11). The van der Waals surface area contributed by atoms with Crippen molar-refractivity contribution in [2.24, 2.45) is 0 Å². The molecular formula is C8H15NO4S. The number of hydrogen-bond donors (Lipinski definition) is 2. The van der Waals surface area contributed by atoms with Gasteiger partial charge in [-0.05, 0) is 19.8 Å². The summed E-state index contributed by atoms with van der Waals surface area (Å²) in [6.45, 7) is 1.33. The molecule has 1 rings (SSSR count). The maximum atomic E-state index is 11.6. The molecule has 1 saturated carbocycles. The second-order valence-corrected chi connectivity index (χ2v) is 5.62. The first-order valence-electron chi connectivity index (χ1n) is 4.67. The van der Waals surface area contributed by atoms with Crippen molar-refractivity contribution in [3.05, 3.63) is 0 Å². The van der Waals surface area contributed by atoms with Crippen LogP contribution in [0.25, 0.3) is 0 Å². The lowest BCUT2D eigenvalue weighted by molar-refractivity contribution is -0.138. The van der Waals surface area contributed by atoms with Gasteiger partial charge in [0.2, 0.25) is 10.0 Å². The van der Waals surface area contributed by atoms with Crippen LogP contribution in [0.2, 0.25) is 0 Å². The number of carboxylic acid groups (broad SMARTS) is 1. The minimum Gasteiger partial charge on any atom is -0.480 e. The first-order valence-corrected chi connectivity index (χ1v) is 6.22. The largest absolute Gasteiger partial charge is 0.480 e. The maximum Gasteiger partial charge on any atom is 0.321 e. The van der Waals surface area contributed by atoms with Gasteiger partial charge in [0.1, 0.15) is 6.04 Å². The minimum absolute atomic E-state index is 0.399. The summed E-state index contributed by atoms with van der Waals surface area (Å²) in [5.74, 6) is -1.15. The van der Waals surface area contributed by atoms with E-state index in [0.29, 0.717) is 12.8 Å². The number of rotatable bonds is 4. The van der Waals surface area contributed by atoms with Gasteiger partial charge in [0, 0.05) is 0 Å². The second-order valence-electron chi connectivity index (χ2n) is 3.63. The lowest BCUT2D eigenvalue weighted by atomic mass is 10.4. The maximum absolute atomic E-state index is 11.6. The molecular weight excluding hydrogens is 206 g/mol. The van der Waals surface area contributed by atoms with Gasteiger partial charge in [0.15, 0.2) is 0 Å². The molecule has 0 aliphatic heterocycles. The molecule has 1 aliphatic rings. The van der Waals surface area contributed by atoms with Crippen LogP contribution >= 0.6 is 0 Å². The number of aliphatic carboxylic acids is 1. The lowest BCUT2D eigenvalue weighted by Crippen LogP contribution is -2.42. The first kappa shape index (κ1) is 11.5.